The lowest BCUT2D eigenvalue weighted by atomic mass is 10.2. The fraction of sp³-hybridized carbons (Fsp3) is 0.286. The molecule has 0 spiro atoms. The van der Waals surface area contributed by atoms with Crippen molar-refractivity contribution in [1.82, 2.24) is 0 Å². The molecule has 9 heavy (non-hydrogen) atoms. The molecule has 0 fully saturated rings. The number of hydrogen-bond donors (Lipinski definition) is 1. The molecule has 0 saturated carbocycles. The Morgan fingerprint density at radius 2 is 2.44 bits per heavy atom. The van der Waals surface area contributed by atoms with Gasteiger partial charge in [-0.05, 0) is 6.08 Å². The van der Waals surface area contributed by atoms with Crippen molar-refractivity contribution in [3.05, 3.63) is 24.0 Å². The lowest BCUT2D eigenvalue weighted by Gasteiger charge is -1.89. The fourth-order valence-electron chi connectivity index (χ4n) is 0.620. The minimum absolute atomic E-state index is 0.405. The summed E-state index contributed by atoms with van der Waals surface area (Å²) in [7, 11) is 0. The van der Waals surface area contributed by atoms with Gasteiger partial charge in [0.2, 0.25) is 0 Å². The molecule has 1 aliphatic heterocycles. The molecule has 1 unspecified atom stereocenters. The van der Waals surface area contributed by atoms with Crippen molar-refractivity contribution in [2.45, 2.75) is 6.92 Å². The third-order valence-corrected chi connectivity index (χ3v) is 1.14. The molecular weight excluding hydrogens is 112 g/mol. The van der Waals surface area contributed by atoms with Crippen LogP contribution in [0.1, 0.15) is 6.92 Å². The van der Waals surface area contributed by atoms with Crippen molar-refractivity contribution in [2.24, 2.45) is 16.6 Å². The zero-order chi connectivity index (χ0) is 6.69. The van der Waals surface area contributed by atoms with Crippen molar-refractivity contribution in [3.8, 4) is 0 Å². The van der Waals surface area contributed by atoms with Crippen LogP contribution < -0.4 is 5.73 Å². The largest absolute Gasteiger partial charge is 0.397 e. The maximum absolute atomic E-state index is 5.46. The second-order valence-electron chi connectivity index (χ2n) is 2.15. The molecule has 0 saturated heterocycles. The van der Waals surface area contributed by atoms with Gasteiger partial charge in [0.15, 0.2) is 0 Å². The lowest BCUT2D eigenvalue weighted by Crippen LogP contribution is -1.91. The molecule has 1 heterocycles. The Morgan fingerprint density at radius 1 is 1.67 bits per heavy atom. The smallest absolute Gasteiger partial charge is 0.0496 e. The van der Waals surface area contributed by atoms with E-state index in [0.717, 1.165) is 5.70 Å². The minimum Gasteiger partial charge on any atom is -0.397 e. The van der Waals surface area contributed by atoms with Gasteiger partial charge in [-0.15, -0.1) is 0 Å². The predicted octanol–water partition coefficient (Wildman–Crippen LogP) is 1.06. The minimum atomic E-state index is 0.405. The number of nitrogens with zero attached hydrogens (tertiary/aromatic N) is 1. The molecule has 48 valence electrons. The van der Waals surface area contributed by atoms with Crippen molar-refractivity contribution in [2.75, 3.05) is 0 Å². The molecule has 2 N–H and O–H groups in total. The van der Waals surface area contributed by atoms with Crippen LogP contribution in [0.2, 0.25) is 0 Å². The van der Waals surface area contributed by atoms with Crippen LogP contribution in [0.25, 0.3) is 0 Å². The van der Waals surface area contributed by atoms with Gasteiger partial charge in [-0.1, -0.05) is 13.0 Å². The van der Waals surface area contributed by atoms with Gasteiger partial charge < -0.3 is 5.73 Å². The molecule has 2 nitrogen and oxygen atoms in total. The van der Waals surface area contributed by atoms with E-state index in [1.807, 2.05) is 18.4 Å². The van der Waals surface area contributed by atoms with Gasteiger partial charge in [-0.25, -0.2) is 0 Å². The Labute approximate surface area is 54.8 Å². The predicted molar refractivity (Wildman–Crippen MR) is 39.1 cm³/mol. The van der Waals surface area contributed by atoms with E-state index in [0.29, 0.717) is 5.92 Å². The van der Waals surface area contributed by atoms with Crippen molar-refractivity contribution in [3.63, 3.8) is 0 Å². The van der Waals surface area contributed by atoms with Gasteiger partial charge in [0.05, 0.1) is 0 Å². The Balaban J connectivity index is 2.75. The quantitative estimate of drug-likeness (QED) is 0.512. The number of aliphatic imine (C=N–C) groups is 1. The molecule has 0 aromatic carbocycles. The average molecular weight is 122 g/mol. The van der Waals surface area contributed by atoms with Crippen molar-refractivity contribution in [1.29, 1.82) is 0 Å². The first-order valence-electron chi connectivity index (χ1n) is 2.96. The summed E-state index contributed by atoms with van der Waals surface area (Å²) in [5.41, 5.74) is 6.18. The molecule has 0 aromatic heterocycles. The molecule has 0 bridgehead atoms. The normalized spacial score (nSPS) is 25.4. The summed E-state index contributed by atoms with van der Waals surface area (Å²) in [6.07, 6.45) is 7.40. The topological polar surface area (TPSA) is 38.4 Å². The summed E-state index contributed by atoms with van der Waals surface area (Å²) in [4.78, 5) is 3.96. The summed E-state index contributed by atoms with van der Waals surface area (Å²) < 4.78 is 0. The molecule has 0 aliphatic carbocycles. The second-order valence-corrected chi connectivity index (χ2v) is 2.15. The average Bonchev–Trinajstić information content (AvgIpc) is 1.97. The SMILES string of the molecule is CC1C=CC(N)=CN=C1. The van der Waals surface area contributed by atoms with Crippen LogP contribution in [-0.4, -0.2) is 6.21 Å². The van der Waals surface area contributed by atoms with Gasteiger partial charge in [-0.3, -0.25) is 4.99 Å². The number of hydrogen-bond acceptors (Lipinski definition) is 2. The number of rotatable bonds is 0. The Bertz CT molecular complexity index is 177. The maximum atomic E-state index is 5.46. The van der Waals surface area contributed by atoms with Crippen LogP contribution in [-0.2, 0) is 0 Å². The summed E-state index contributed by atoms with van der Waals surface area (Å²) in [6.45, 7) is 2.06. The zero-order valence-electron chi connectivity index (χ0n) is 5.41. The van der Waals surface area contributed by atoms with Crippen LogP contribution in [0.5, 0.6) is 0 Å². The highest BCUT2D eigenvalue weighted by Crippen LogP contribution is 2.00. The zero-order valence-corrected chi connectivity index (χ0v) is 5.41. The standard InChI is InChI=1S/C7H10N2/c1-6-2-3-7(8)5-9-4-6/h2-6H,8H2,1H3. The van der Waals surface area contributed by atoms with Crippen LogP contribution in [0.15, 0.2) is 29.0 Å². The highest BCUT2D eigenvalue weighted by atomic mass is 14.7. The molecule has 1 aliphatic rings. The van der Waals surface area contributed by atoms with E-state index in [1.54, 1.807) is 6.20 Å². The molecule has 0 aromatic rings. The molecule has 2 heteroatoms. The first kappa shape index (κ1) is 6.08. The summed E-state index contributed by atoms with van der Waals surface area (Å²) in [6, 6.07) is 0. The van der Waals surface area contributed by atoms with E-state index in [4.69, 9.17) is 5.73 Å². The summed E-state index contributed by atoms with van der Waals surface area (Å²) in [5.74, 6) is 0.405. The van der Waals surface area contributed by atoms with Crippen LogP contribution in [0.4, 0.5) is 0 Å². The Morgan fingerprint density at radius 3 is 3.22 bits per heavy atom. The maximum Gasteiger partial charge on any atom is 0.0496 e. The van der Waals surface area contributed by atoms with Crippen molar-refractivity contribution >= 4 is 6.21 Å². The lowest BCUT2D eigenvalue weighted by molar-refractivity contribution is 1.03. The summed E-state index contributed by atoms with van der Waals surface area (Å²) >= 11 is 0. The molecular formula is C7H10N2. The van der Waals surface area contributed by atoms with E-state index >= 15 is 0 Å². The second kappa shape index (κ2) is 2.49. The van der Waals surface area contributed by atoms with Crippen LogP contribution in [0, 0.1) is 5.92 Å². The monoisotopic (exact) mass is 122 g/mol. The molecule has 0 amide bonds. The van der Waals surface area contributed by atoms with Gasteiger partial charge >= 0.3 is 0 Å². The first-order valence-corrected chi connectivity index (χ1v) is 2.96. The first-order chi connectivity index (χ1) is 4.29. The van der Waals surface area contributed by atoms with Gasteiger partial charge in [0, 0.05) is 24.0 Å². The van der Waals surface area contributed by atoms with Gasteiger partial charge in [0.25, 0.3) is 0 Å². The highest BCUT2D eigenvalue weighted by molar-refractivity contribution is 5.64. The molecule has 0 radical (unpaired) electrons. The van der Waals surface area contributed by atoms with Gasteiger partial charge in [-0.2, -0.15) is 0 Å². The van der Waals surface area contributed by atoms with Crippen LogP contribution in [0.3, 0.4) is 0 Å². The summed E-state index contributed by atoms with van der Waals surface area (Å²) in [5, 5.41) is 0. The molecule has 1 atom stereocenters. The van der Waals surface area contributed by atoms with Gasteiger partial charge in [0.1, 0.15) is 0 Å². The fourth-order valence-corrected chi connectivity index (χ4v) is 0.620. The third kappa shape index (κ3) is 1.72. The van der Waals surface area contributed by atoms with E-state index in [9.17, 15) is 0 Å². The number of nitrogens with two attached hydrogens (primary N) is 1. The Hall–Kier alpha value is -1.05. The van der Waals surface area contributed by atoms with E-state index in [2.05, 4.69) is 11.9 Å². The van der Waals surface area contributed by atoms with Crippen LogP contribution >= 0.6 is 0 Å². The van der Waals surface area contributed by atoms with E-state index in [1.165, 1.54) is 0 Å². The van der Waals surface area contributed by atoms with E-state index in [-0.39, 0.29) is 0 Å². The van der Waals surface area contributed by atoms with E-state index < -0.39 is 0 Å². The van der Waals surface area contributed by atoms with Crippen molar-refractivity contribution < 1.29 is 0 Å². The Kier molecular flexibility index (Phi) is 1.68. The third-order valence-electron chi connectivity index (χ3n) is 1.14. The molecule has 1 rings (SSSR count). The highest BCUT2D eigenvalue weighted by Gasteiger charge is 1.92. The number of allylic oxidation sites excluding steroid dienone is 2.